The molecule has 0 spiro atoms. The minimum Gasteiger partial charge on any atom is -0.316 e. The maximum absolute atomic E-state index is 12.9. The summed E-state index contributed by atoms with van der Waals surface area (Å²) in [4.78, 5) is 0. The highest BCUT2D eigenvalue weighted by Crippen LogP contribution is 2.21. The Kier molecular flexibility index (Phi) is 5.75. The van der Waals surface area contributed by atoms with Crippen LogP contribution in [0.1, 0.15) is 30.4 Å². The van der Waals surface area contributed by atoms with E-state index < -0.39 is 0 Å². The first-order chi connectivity index (χ1) is 9.79. The Bertz CT molecular complexity index is 493. The summed E-state index contributed by atoms with van der Waals surface area (Å²) in [5, 5.41) is 3.43. The molecule has 0 saturated carbocycles. The van der Waals surface area contributed by atoms with Crippen LogP contribution in [0.5, 0.6) is 0 Å². The third kappa shape index (κ3) is 4.46. The molecule has 0 aliphatic carbocycles. The lowest BCUT2D eigenvalue weighted by Crippen LogP contribution is -2.21. The molecule has 0 fully saturated rings. The van der Waals surface area contributed by atoms with E-state index in [1.807, 2.05) is 18.2 Å². The second-order valence-electron chi connectivity index (χ2n) is 5.08. The van der Waals surface area contributed by atoms with Crippen molar-refractivity contribution in [1.82, 2.24) is 5.32 Å². The number of likely N-dealkylation sites (N-methyl/N-ethyl adjacent to an activating group) is 1. The molecular weight excluding hydrogens is 249 g/mol. The summed E-state index contributed by atoms with van der Waals surface area (Å²) in [7, 11) is 0. The molecule has 1 unspecified atom stereocenters. The van der Waals surface area contributed by atoms with E-state index in [1.165, 1.54) is 23.3 Å². The number of halogens is 1. The predicted octanol–water partition coefficient (Wildman–Crippen LogP) is 4.15. The number of hydrogen-bond acceptors (Lipinski definition) is 1. The summed E-state index contributed by atoms with van der Waals surface area (Å²) >= 11 is 0. The van der Waals surface area contributed by atoms with Crippen molar-refractivity contribution in [3.05, 3.63) is 71.5 Å². The molecule has 106 valence electrons. The van der Waals surface area contributed by atoms with Crippen molar-refractivity contribution in [3.63, 3.8) is 0 Å². The van der Waals surface area contributed by atoms with Gasteiger partial charge in [-0.3, -0.25) is 0 Å². The third-order valence-electron chi connectivity index (χ3n) is 3.61. The fourth-order valence-corrected chi connectivity index (χ4v) is 2.42. The fraction of sp³-hybridized carbons (Fsp3) is 0.333. The summed E-state index contributed by atoms with van der Waals surface area (Å²) in [6.45, 7) is 4.10. The second-order valence-corrected chi connectivity index (χ2v) is 5.08. The van der Waals surface area contributed by atoms with Crippen molar-refractivity contribution in [1.29, 1.82) is 0 Å². The van der Waals surface area contributed by atoms with Crippen LogP contribution in [0.3, 0.4) is 0 Å². The van der Waals surface area contributed by atoms with E-state index in [2.05, 4.69) is 36.5 Å². The van der Waals surface area contributed by atoms with E-state index >= 15 is 0 Å². The third-order valence-corrected chi connectivity index (χ3v) is 3.61. The van der Waals surface area contributed by atoms with E-state index in [9.17, 15) is 4.39 Å². The van der Waals surface area contributed by atoms with Gasteiger partial charge < -0.3 is 5.32 Å². The van der Waals surface area contributed by atoms with Crippen LogP contribution in [0.4, 0.5) is 4.39 Å². The minimum absolute atomic E-state index is 0.166. The van der Waals surface area contributed by atoms with Crippen molar-refractivity contribution < 1.29 is 4.39 Å². The Labute approximate surface area is 120 Å². The average molecular weight is 271 g/mol. The van der Waals surface area contributed by atoms with Gasteiger partial charge >= 0.3 is 0 Å². The van der Waals surface area contributed by atoms with Crippen molar-refractivity contribution in [2.45, 2.75) is 25.7 Å². The maximum atomic E-state index is 12.9. The Hall–Kier alpha value is -1.67. The molecule has 0 saturated heterocycles. The molecule has 0 heterocycles. The molecule has 20 heavy (non-hydrogen) atoms. The molecule has 2 aromatic carbocycles. The molecule has 2 heteroatoms. The van der Waals surface area contributed by atoms with E-state index in [1.54, 1.807) is 0 Å². The number of nitrogens with one attached hydrogen (secondary N) is 1. The smallest absolute Gasteiger partial charge is 0.123 e. The fourth-order valence-electron chi connectivity index (χ4n) is 2.42. The quantitative estimate of drug-likeness (QED) is 0.797. The van der Waals surface area contributed by atoms with E-state index in [-0.39, 0.29) is 5.82 Å². The highest BCUT2D eigenvalue weighted by molar-refractivity contribution is 5.21. The normalized spacial score (nSPS) is 12.3. The van der Waals surface area contributed by atoms with Crippen molar-refractivity contribution in [3.8, 4) is 0 Å². The zero-order chi connectivity index (χ0) is 14.2. The molecule has 0 aliphatic rings. The van der Waals surface area contributed by atoms with E-state index in [0.717, 1.165) is 25.9 Å². The molecule has 2 aromatic rings. The Morgan fingerprint density at radius 2 is 1.70 bits per heavy atom. The lowest BCUT2D eigenvalue weighted by atomic mass is 9.92. The van der Waals surface area contributed by atoms with Crippen LogP contribution in [0.15, 0.2) is 54.6 Å². The van der Waals surface area contributed by atoms with Crippen molar-refractivity contribution in [2.24, 2.45) is 0 Å². The van der Waals surface area contributed by atoms with Gasteiger partial charge in [0.05, 0.1) is 0 Å². The molecular formula is C18H22FN. The largest absolute Gasteiger partial charge is 0.316 e. The summed E-state index contributed by atoms with van der Waals surface area (Å²) < 4.78 is 12.9. The maximum Gasteiger partial charge on any atom is 0.123 e. The minimum atomic E-state index is -0.166. The monoisotopic (exact) mass is 271 g/mol. The van der Waals surface area contributed by atoms with Gasteiger partial charge in [0.1, 0.15) is 5.82 Å². The highest BCUT2D eigenvalue weighted by atomic mass is 19.1. The van der Waals surface area contributed by atoms with Crippen LogP contribution in [-0.2, 0) is 6.42 Å². The van der Waals surface area contributed by atoms with Crippen LogP contribution in [0.25, 0.3) is 0 Å². The number of rotatable bonds is 7. The van der Waals surface area contributed by atoms with Gasteiger partial charge in [-0.2, -0.15) is 0 Å². The van der Waals surface area contributed by atoms with Crippen LogP contribution < -0.4 is 5.32 Å². The van der Waals surface area contributed by atoms with Gasteiger partial charge in [-0.15, -0.1) is 0 Å². The Balaban J connectivity index is 1.99. The molecule has 1 N–H and O–H groups in total. The first-order valence-corrected chi connectivity index (χ1v) is 7.29. The van der Waals surface area contributed by atoms with E-state index in [0.29, 0.717) is 5.92 Å². The van der Waals surface area contributed by atoms with Gasteiger partial charge in [0, 0.05) is 6.54 Å². The van der Waals surface area contributed by atoms with Crippen molar-refractivity contribution in [2.75, 3.05) is 13.1 Å². The number of hydrogen-bond donors (Lipinski definition) is 1. The van der Waals surface area contributed by atoms with Crippen molar-refractivity contribution >= 4 is 0 Å². The summed E-state index contributed by atoms with van der Waals surface area (Å²) in [5.74, 6) is 0.335. The van der Waals surface area contributed by atoms with Gasteiger partial charge in [-0.25, -0.2) is 4.39 Å². The van der Waals surface area contributed by atoms with Gasteiger partial charge in [0.2, 0.25) is 0 Å². The molecule has 2 rings (SSSR count). The Morgan fingerprint density at radius 1 is 1.00 bits per heavy atom. The lowest BCUT2D eigenvalue weighted by Gasteiger charge is -2.18. The molecule has 1 nitrogen and oxygen atoms in total. The molecule has 0 radical (unpaired) electrons. The zero-order valence-corrected chi connectivity index (χ0v) is 12.0. The van der Waals surface area contributed by atoms with Crippen LogP contribution in [0.2, 0.25) is 0 Å². The first kappa shape index (κ1) is 14.7. The van der Waals surface area contributed by atoms with Crippen LogP contribution >= 0.6 is 0 Å². The zero-order valence-electron chi connectivity index (χ0n) is 12.0. The van der Waals surface area contributed by atoms with Crippen LogP contribution in [0, 0.1) is 5.82 Å². The highest BCUT2D eigenvalue weighted by Gasteiger charge is 2.10. The van der Waals surface area contributed by atoms with Gasteiger partial charge in [-0.1, -0.05) is 49.4 Å². The number of benzene rings is 2. The molecule has 1 atom stereocenters. The van der Waals surface area contributed by atoms with Gasteiger partial charge in [0.15, 0.2) is 0 Å². The standard InChI is InChI=1S/C18H22FN/c1-2-20-14-17(16-6-4-3-5-7-16)11-8-15-9-12-18(19)13-10-15/h3-7,9-10,12-13,17,20H,2,8,11,14H2,1H3. The molecule has 0 bridgehead atoms. The topological polar surface area (TPSA) is 12.0 Å². The summed E-state index contributed by atoms with van der Waals surface area (Å²) in [6, 6.07) is 17.4. The average Bonchev–Trinajstić information content (AvgIpc) is 2.50. The van der Waals surface area contributed by atoms with Crippen LogP contribution in [-0.4, -0.2) is 13.1 Å². The summed E-state index contributed by atoms with van der Waals surface area (Å²) in [5.41, 5.74) is 2.57. The SMILES string of the molecule is CCNCC(CCc1ccc(F)cc1)c1ccccc1. The lowest BCUT2D eigenvalue weighted by molar-refractivity contribution is 0.561. The van der Waals surface area contributed by atoms with Gasteiger partial charge in [-0.05, 0) is 48.6 Å². The first-order valence-electron chi connectivity index (χ1n) is 7.29. The second kappa shape index (κ2) is 7.81. The Morgan fingerprint density at radius 3 is 2.35 bits per heavy atom. The molecule has 0 aromatic heterocycles. The number of aryl methyl sites for hydroxylation is 1. The van der Waals surface area contributed by atoms with Gasteiger partial charge in [0.25, 0.3) is 0 Å². The molecule has 0 aliphatic heterocycles. The summed E-state index contributed by atoms with van der Waals surface area (Å²) in [6.07, 6.45) is 2.05. The van der Waals surface area contributed by atoms with E-state index in [4.69, 9.17) is 0 Å². The molecule has 0 amide bonds. The predicted molar refractivity (Wildman–Crippen MR) is 82.4 cm³/mol.